The molecule has 0 atom stereocenters. The largest absolute Gasteiger partial charge is 0.338 e. The topological polar surface area (TPSA) is 47.6 Å². The van der Waals surface area contributed by atoms with Crippen LogP contribution in [-0.4, -0.2) is 55.1 Å². The van der Waals surface area contributed by atoms with Gasteiger partial charge in [-0.2, -0.15) is 0 Å². The molecule has 6 heteroatoms. The molecule has 1 saturated heterocycles. The predicted molar refractivity (Wildman–Crippen MR) is 106 cm³/mol. The van der Waals surface area contributed by atoms with E-state index in [4.69, 9.17) is 0 Å². The average molecular weight is 370 g/mol. The molecule has 3 rings (SSSR count). The third-order valence-electron chi connectivity index (χ3n) is 4.75. The lowest BCUT2D eigenvalue weighted by Crippen LogP contribution is -2.46. The maximum atomic E-state index is 12.8. The van der Waals surface area contributed by atoms with Crippen molar-refractivity contribution in [3.05, 3.63) is 66.0 Å². The number of rotatable bonds is 7. The van der Waals surface area contributed by atoms with Crippen molar-refractivity contribution in [2.24, 2.45) is 0 Å². The van der Waals surface area contributed by atoms with Crippen LogP contribution in [0.1, 0.15) is 12.0 Å². The van der Waals surface area contributed by atoms with Crippen molar-refractivity contribution in [1.29, 1.82) is 0 Å². The van der Waals surface area contributed by atoms with E-state index in [9.17, 15) is 9.18 Å². The van der Waals surface area contributed by atoms with Gasteiger partial charge in [0.15, 0.2) is 0 Å². The molecule has 0 saturated carbocycles. The number of amides is 2. The highest BCUT2D eigenvalue weighted by Gasteiger charge is 2.16. The van der Waals surface area contributed by atoms with Crippen LogP contribution < -0.4 is 10.6 Å². The Hall–Kier alpha value is -2.44. The minimum atomic E-state index is -0.315. The Kier molecular flexibility index (Phi) is 7.19. The average Bonchev–Trinajstić information content (AvgIpc) is 2.69. The number of nitrogens with one attached hydrogen (secondary N) is 2. The molecule has 2 amide bonds. The van der Waals surface area contributed by atoms with Crippen molar-refractivity contribution in [3.63, 3.8) is 0 Å². The second-order valence-corrected chi connectivity index (χ2v) is 6.84. The zero-order chi connectivity index (χ0) is 18.9. The van der Waals surface area contributed by atoms with E-state index in [1.165, 1.54) is 17.7 Å². The molecule has 144 valence electrons. The first-order valence-corrected chi connectivity index (χ1v) is 9.48. The fraction of sp³-hybridized carbons (Fsp3) is 0.381. The molecule has 0 spiro atoms. The summed E-state index contributed by atoms with van der Waals surface area (Å²) in [5, 5.41) is 5.55. The summed E-state index contributed by atoms with van der Waals surface area (Å²) in [5.41, 5.74) is 1.95. The van der Waals surface area contributed by atoms with Gasteiger partial charge in [-0.15, -0.1) is 0 Å². The molecular weight excluding hydrogens is 343 g/mol. The summed E-state index contributed by atoms with van der Waals surface area (Å²) in [6, 6.07) is 16.1. The van der Waals surface area contributed by atoms with Crippen molar-refractivity contribution in [3.8, 4) is 0 Å². The van der Waals surface area contributed by atoms with Gasteiger partial charge in [0, 0.05) is 45.0 Å². The maximum Gasteiger partial charge on any atom is 0.319 e. The molecule has 5 nitrogen and oxygen atoms in total. The van der Waals surface area contributed by atoms with Crippen LogP contribution in [0, 0.1) is 5.82 Å². The normalized spacial score (nSPS) is 15.4. The zero-order valence-electron chi connectivity index (χ0n) is 15.5. The first-order valence-electron chi connectivity index (χ1n) is 9.48. The summed E-state index contributed by atoms with van der Waals surface area (Å²) in [6.45, 7) is 6.90. The Morgan fingerprint density at radius 1 is 0.926 bits per heavy atom. The molecule has 0 aromatic heterocycles. The Bertz CT molecular complexity index is 700. The molecule has 2 aromatic rings. The van der Waals surface area contributed by atoms with Crippen molar-refractivity contribution < 1.29 is 9.18 Å². The van der Waals surface area contributed by atoms with E-state index in [2.05, 4.69) is 50.8 Å². The van der Waals surface area contributed by atoms with Gasteiger partial charge in [-0.3, -0.25) is 4.90 Å². The van der Waals surface area contributed by atoms with Crippen molar-refractivity contribution in [1.82, 2.24) is 15.1 Å². The molecule has 0 radical (unpaired) electrons. The number of urea groups is 1. The molecular formula is C21H27FN4O. The van der Waals surface area contributed by atoms with E-state index in [-0.39, 0.29) is 11.8 Å². The zero-order valence-corrected chi connectivity index (χ0v) is 15.5. The van der Waals surface area contributed by atoms with Crippen LogP contribution in [0.5, 0.6) is 0 Å². The Morgan fingerprint density at radius 2 is 1.59 bits per heavy atom. The van der Waals surface area contributed by atoms with E-state index in [0.29, 0.717) is 12.2 Å². The SMILES string of the molecule is O=C(NCCCN1CCN(Cc2ccccc2)CC1)Nc1ccc(F)cc1. The third kappa shape index (κ3) is 6.66. The van der Waals surface area contributed by atoms with Crippen molar-refractivity contribution >= 4 is 11.7 Å². The number of carbonyl (C=O) groups excluding carboxylic acids is 1. The van der Waals surface area contributed by atoms with Crippen LogP contribution in [0.15, 0.2) is 54.6 Å². The number of hydrogen-bond donors (Lipinski definition) is 2. The molecule has 0 aliphatic carbocycles. The predicted octanol–water partition coefficient (Wildman–Crippen LogP) is 3.16. The summed E-state index contributed by atoms with van der Waals surface area (Å²) in [5.74, 6) is -0.315. The summed E-state index contributed by atoms with van der Waals surface area (Å²) in [4.78, 5) is 16.8. The molecule has 0 bridgehead atoms. The minimum absolute atomic E-state index is 0.255. The van der Waals surface area contributed by atoms with Crippen molar-refractivity contribution in [2.45, 2.75) is 13.0 Å². The summed E-state index contributed by atoms with van der Waals surface area (Å²) >= 11 is 0. The van der Waals surface area contributed by atoms with E-state index < -0.39 is 0 Å². The van der Waals surface area contributed by atoms with Gasteiger partial charge in [-0.1, -0.05) is 30.3 Å². The van der Waals surface area contributed by atoms with Crippen LogP contribution in [0.4, 0.5) is 14.9 Å². The van der Waals surface area contributed by atoms with Crippen LogP contribution in [0.25, 0.3) is 0 Å². The first-order chi connectivity index (χ1) is 13.2. The standard InChI is InChI=1S/C21H27FN4O/c22-19-7-9-20(10-8-19)24-21(27)23-11-4-12-25-13-15-26(16-14-25)17-18-5-2-1-3-6-18/h1-3,5-10H,4,11-17H2,(H2,23,24,27). The highest BCUT2D eigenvalue weighted by atomic mass is 19.1. The molecule has 1 heterocycles. The maximum absolute atomic E-state index is 12.8. The van der Waals surface area contributed by atoms with Crippen LogP contribution in [0.3, 0.4) is 0 Å². The first kappa shape index (κ1) is 19.3. The number of carbonyl (C=O) groups is 1. The number of benzene rings is 2. The second kappa shape index (κ2) is 10.0. The fourth-order valence-electron chi connectivity index (χ4n) is 3.23. The van der Waals surface area contributed by atoms with Gasteiger partial charge in [0.05, 0.1) is 0 Å². The van der Waals surface area contributed by atoms with Gasteiger partial charge in [0.25, 0.3) is 0 Å². The molecule has 2 N–H and O–H groups in total. The number of piperazine rings is 1. The summed E-state index contributed by atoms with van der Waals surface area (Å²) < 4.78 is 12.8. The van der Waals surface area contributed by atoms with Crippen LogP contribution >= 0.6 is 0 Å². The lowest BCUT2D eigenvalue weighted by atomic mass is 10.2. The number of nitrogens with zero attached hydrogens (tertiary/aromatic N) is 2. The second-order valence-electron chi connectivity index (χ2n) is 6.84. The summed E-state index contributed by atoms with van der Waals surface area (Å²) in [6.07, 6.45) is 0.912. The van der Waals surface area contributed by atoms with E-state index in [1.54, 1.807) is 12.1 Å². The minimum Gasteiger partial charge on any atom is -0.338 e. The lowest BCUT2D eigenvalue weighted by molar-refractivity contribution is 0.126. The van der Waals surface area contributed by atoms with Gasteiger partial charge in [-0.25, -0.2) is 9.18 Å². The third-order valence-corrected chi connectivity index (χ3v) is 4.75. The Morgan fingerprint density at radius 3 is 2.30 bits per heavy atom. The summed E-state index contributed by atoms with van der Waals surface area (Å²) in [7, 11) is 0. The van der Waals surface area contributed by atoms with E-state index in [1.807, 2.05) is 0 Å². The smallest absolute Gasteiger partial charge is 0.319 e. The van der Waals surface area contributed by atoms with Gasteiger partial charge in [0.2, 0.25) is 0 Å². The molecule has 2 aromatic carbocycles. The molecule has 1 fully saturated rings. The lowest BCUT2D eigenvalue weighted by Gasteiger charge is -2.34. The Labute approximate surface area is 160 Å². The van der Waals surface area contributed by atoms with Crippen LogP contribution in [-0.2, 0) is 6.54 Å². The highest BCUT2D eigenvalue weighted by Crippen LogP contribution is 2.09. The molecule has 1 aliphatic rings. The molecule has 27 heavy (non-hydrogen) atoms. The number of anilines is 1. The van der Waals surface area contributed by atoms with Gasteiger partial charge in [-0.05, 0) is 42.8 Å². The molecule has 0 unspecified atom stereocenters. The number of halogens is 1. The van der Waals surface area contributed by atoms with Gasteiger partial charge in [0.1, 0.15) is 5.82 Å². The highest BCUT2D eigenvalue weighted by molar-refractivity contribution is 5.89. The van der Waals surface area contributed by atoms with Crippen molar-refractivity contribution in [2.75, 3.05) is 44.6 Å². The van der Waals surface area contributed by atoms with Gasteiger partial charge < -0.3 is 15.5 Å². The monoisotopic (exact) mass is 370 g/mol. The van der Waals surface area contributed by atoms with Crippen LogP contribution in [0.2, 0.25) is 0 Å². The fourth-order valence-corrected chi connectivity index (χ4v) is 3.23. The quantitative estimate of drug-likeness (QED) is 0.736. The Balaban J connectivity index is 1.27. The van der Waals surface area contributed by atoms with E-state index in [0.717, 1.165) is 45.7 Å². The van der Waals surface area contributed by atoms with Gasteiger partial charge >= 0.3 is 6.03 Å². The van der Waals surface area contributed by atoms with E-state index >= 15 is 0 Å². The molecule has 1 aliphatic heterocycles. The number of hydrogen-bond acceptors (Lipinski definition) is 3.